The Bertz CT molecular complexity index is 845. The third kappa shape index (κ3) is 4.89. The number of hydrogen-bond acceptors (Lipinski definition) is 4. The van der Waals surface area contributed by atoms with Crippen LogP contribution in [0.25, 0.3) is 0 Å². The topological polar surface area (TPSA) is 66.9 Å². The fourth-order valence-corrected chi connectivity index (χ4v) is 2.60. The van der Waals surface area contributed by atoms with E-state index in [1.165, 1.54) is 11.1 Å². The first kappa shape index (κ1) is 17.6. The first-order valence-corrected chi connectivity index (χ1v) is 8.61. The van der Waals surface area contributed by atoms with Gasteiger partial charge in [-0.05, 0) is 37.1 Å². The van der Waals surface area contributed by atoms with Crippen LogP contribution in [0.3, 0.4) is 0 Å². The standard InChI is InChI=1S/C21H22N4O/c1-15-8-10-17(11-9-15)14-21(26)23-20-13-12-19(24-25-20)22-16(2)18-6-4-3-5-7-18/h3-13,16H,14H2,1-2H3,(H,22,24)(H,23,25,26). The summed E-state index contributed by atoms with van der Waals surface area (Å²) in [5, 5.41) is 14.3. The third-order valence-corrected chi connectivity index (χ3v) is 4.08. The van der Waals surface area contributed by atoms with Gasteiger partial charge in [0, 0.05) is 6.04 Å². The molecule has 1 unspecified atom stereocenters. The molecule has 0 saturated heterocycles. The van der Waals surface area contributed by atoms with Gasteiger partial charge in [0.05, 0.1) is 6.42 Å². The average molecular weight is 346 g/mol. The summed E-state index contributed by atoms with van der Waals surface area (Å²) in [4.78, 5) is 12.1. The van der Waals surface area contributed by atoms with E-state index in [-0.39, 0.29) is 11.9 Å². The minimum Gasteiger partial charge on any atom is -0.362 e. The summed E-state index contributed by atoms with van der Waals surface area (Å²) in [5.74, 6) is 0.999. The summed E-state index contributed by atoms with van der Waals surface area (Å²) < 4.78 is 0. The molecule has 2 N–H and O–H groups in total. The number of rotatable bonds is 6. The fourth-order valence-electron chi connectivity index (χ4n) is 2.60. The molecule has 2 aromatic carbocycles. The van der Waals surface area contributed by atoms with E-state index in [1.54, 1.807) is 6.07 Å². The highest BCUT2D eigenvalue weighted by Crippen LogP contribution is 2.17. The molecule has 0 bridgehead atoms. The van der Waals surface area contributed by atoms with Gasteiger partial charge in [-0.25, -0.2) is 0 Å². The third-order valence-electron chi connectivity index (χ3n) is 4.08. The van der Waals surface area contributed by atoms with Crippen LogP contribution in [0.5, 0.6) is 0 Å². The Kier molecular flexibility index (Phi) is 5.59. The Balaban J connectivity index is 1.55. The van der Waals surface area contributed by atoms with Crippen LogP contribution in [0.2, 0.25) is 0 Å². The molecule has 5 nitrogen and oxygen atoms in total. The van der Waals surface area contributed by atoms with E-state index < -0.39 is 0 Å². The van der Waals surface area contributed by atoms with Gasteiger partial charge in [0.25, 0.3) is 0 Å². The molecule has 1 aromatic heterocycles. The van der Waals surface area contributed by atoms with Crippen LogP contribution in [0, 0.1) is 6.92 Å². The van der Waals surface area contributed by atoms with Crippen molar-refractivity contribution < 1.29 is 4.79 Å². The Labute approximate surface area is 153 Å². The summed E-state index contributed by atoms with van der Waals surface area (Å²) in [6.45, 7) is 4.09. The molecule has 5 heteroatoms. The van der Waals surface area contributed by atoms with Crippen molar-refractivity contribution in [1.82, 2.24) is 10.2 Å². The van der Waals surface area contributed by atoms with E-state index >= 15 is 0 Å². The highest BCUT2D eigenvalue weighted by atomic mass is 16.1. The summed E-state index contributed by atoms with van der Waals surface area (Å²) in [6, 6.07) is 21.7. The molecule has 3 rings (SSSR count). The molecule has 26 heavy (non-hydrogen) atoms. The van der Waals surface area contributed by atoms with Crippen LogP contribution in [0.4, 0.5) is 11.6 Å². The summed E-state index contributed by atoms with van der Waals surface area (Å²) >= 11 is 0. The molecule has 0 fully saturated rings. The van der Waals surface area contributed by atoms with Gasteiger partial charge in [0.1, 0.15) is 5.82 Å². The smallest absolute Gasteiger partial charge is 0.229 e. The van der Waals surface area contributed by atoms with Crippen molar-refractivity contribution in [2.45, 2.75) is 26.3 Å². The van der Waals surface area contributed by atoms with Crippen molar-refractivity contribution in [1.29, 1.82) is 0 Å². The Hall–Kier alpha value is -3.21. The van der Waals surface area contributed by atoms with Crippen molar-refractivity contribution >= 4 is 17.5 Å². The normalized spacial score (nSPS) is 11.6. The quantitative estimate of drug-likeness (QED) is 0.704. The van der Waals surface area contributed by atoms with Crippen molar-refractivity contribution in [3.63, 3.8) is 0 Å². The summed E-state index contributed by atoms with van der Waals surface area (Å²) in [5.41, 5.74) is 3.31. The second-order valence-corrected chi connectivity index (χ2v) is 6.29. The maximum Gasteiger partial charge on any atom is 0.229 e. The molecule has 1 heterocycles. The molecule has 0 saturated carbocycles. The summed E-state index contributed by atoms with van der Waals surface area (Å²) in [7, 11) is 0. The number of aromatic nitrogens is 2. The number of aryl methyl sites for hydroxylation is 1. The monoisotopic (exact) mass is 346 g/mol. The average Bonchev–Trinajstić information content (AvgIpc) is 2.66. The molecule has 3 aromatic rings. The lowest BCUT2D eigenvalue weighted by Crippen LogP contribution is -2.16. The number of nitrogens with zero attached hydrogens (tertiary/aromatic N) is 2. The van der Waals surface area contributed by atoms with Crippen LogP contribution in [0.1, 0.15) is 29.7 Å². The molecule has 1 amide bonds. The Morgan fingerprint density at radius 1 is 0.923 bits per heavy atom. The lowest BCUT2D eigenvalue weighted by molar-refractivity contribution is -0.115. The Morgan fingerprint density at radius 3 is 2.23 bits per heavy atom. The zero-order valence-corrected chi connectivity index (χ0v) is 14.9. The Morgan fingerprint density at radius 2 is 1.58 bits per heavy atom. The lowest BCUT2D eigenvalue weighted by atomic mass is 10.1. The first-order valence-electron chi connectivity index (χ1n) is 8.61. The van der Waals surface area contributed by atoms with Crippen LogP contribution in [-0.4, -0.2) is 16.1 Å². The van der Waals surface area contributed by atoms with Crippen molar-refractivity contribution in [3.05, 3.63) is 83.4 Å². The van der Waals surface area contributed by atoms with Gasteiger partial charge >= 0.3 is 0 Å². The van der Waals surface area contributed by atoms with Gasteiger partial charge in [-0.1, -0.05) is 60.2 Å². The molecule has 0 spiro atoms. The molecule has 132 valence electrons. The highest BCUT2D eigenvalue weighted by molar-refractivity contribution is 5.91. The van der Waals surface area contributed by atoms with Crippen LogP contribution >= 0.6 is 0 Å². The van der Waals surface area contributed by atoms with Gasteiger partial charge < -0.3 is 10.6 Å². The first-order chi connectivity index (χ1) is 12.6. The second-order valence-electron chi connectivity index (χ2n) is 6.29. The minimum atomic E-state index is -0.110. The number of anilines is 2. The maximum atomic E-state index is 12.1. The summed E-state index contributed by atoms with van der Waals surface area (Å²) in [6.07, 6.45) is 0.313. The molecule has 0 radical (unpaired) electrons. The molecule has 1 atom stereocenters. The van der Waals surface area contributed by atoms with E-state index in [9.17, 15) is 4.79 Å². The molecular formula is C21H22N4O. The zero-order valence-electron chi connectivity index (χ0n) is 14.9. The largest absolute Gasteiger partial charge is 0.362 e. The number of nitrogens with one attached hydrogen (secondary N) is 2. The van der Waals surface area contributed by atoms with E-state index in [4.69, 9.17) is 0 Å². The zero-order chi connectivity index (χ0) is 18.4. The predicted molar refractivity (Wildman–Crippen MR) is 104 cm³/mol. The van der Waals surface area contributed by atoms with Crippen LogP contribution < -0.4 is 10.6 Å². The van der Waals surface area contributed by atoms with Gasteiger partial charge in [0.2, 0.25) is 5.91 Å². The van der Waals surface area contributed by atoms with Crippen LogP contribution in [-0.2, 0) is 11.2 Å². The molecule has 0 aliphatic rings. The van der Waals surface area contributed by atoms with E-state index in [0.717, 1.165) is 5.56 Å². The number of amides is 1. The van der Waals surface area contributed by atoms with Crippen LogP contribution in [0.15, 0.2) is 66.7 Å². The van der Waals surface area contributed by atoms with E-state index in [0.29, 0.717) is 18.1 Å². The van der Waals surface area contributed by atoms with E-state index in [2.05, 4.69) is 39.9 Å². The number of benzene rings is 2. The molecule has 0 aliphatic heterocycles. The van der Waals surface area contributed by atoms with E-state index in [1.807, 2.05) is 55.5 Å². The molecule has 0 aliphatic carbocycles. The number of carbonyl (C=O) groups is 1. The SMILES string of the molecule is Cc1ccc(CC(=O)Nc2ccc(NC(C)c3ccccc3)nn2)cc1. The maximum absolute atomic E-state index is 12.1. The van der Waals surface area contributed by atoms with Crippen molar-refractivity contribution in [3.8, 4) is 0 Å². The van der Waals surface area contributed by atoms with Gasteiger partial charge in [-0.15, -0.1) is 10.2 Å². The van der Waals surface area contributed by atoms with Crippen molar-refractivity contribution in [2.75, 3.05) is 10.6 Å². The van der Waals surface area contributed by atoms with Gasteiger partial charge in [-0.3, -0.25) is 4.79 Å². The highest BCUT2D eigenvalue weighted by Gasteiger charge is 2.08. The van der Waals surface area contributed by atoms with Gasteiger partial charge in [0.15, 0.2) is 5.82 Å². The minimum absolute atomic E-state index is 0.110. The predicted octanol–water partition coefficient (Wildman–Crippen LogP) is 4.14. The number of hydrogen-bond donors (Lipinski definition) is 2. The number of carbonyl (C=O) groups excluding carboxylic acids is 1. The van der Waals surface area contributed by atoms with Crippen molar-refractivity contribution in [2.24, 2.45) is 0 Å². The van der Waals surface area contributed by atoms with Gasteiger partial charge in [-0.2, -0.15) is 0 Å². The molecular weight excluding hydrogens is 324 g/mol. The second kappa shape index (κ2) is 8.25. The fraction of sp³-hybridized carbons (Fsp3) is 0.190. The lowest BCUT2D eigenvalue weighted by Gasteiger charge is -2.14.